The third kappa shape index (κ3) is 3.79. The molecular weight excluding hydrogens is 222 g/mol. The highest BCUT2D eigenvalue weighted by Gasteiger charge is 2.22. The molecule has 1 aromatic rings. The molecular formula is C15H25N3. The van der Waals surface area contributed by atoms with Crippen molar-refractivity contribution in [2.24, 2.45) is 11.7 Å². The van der Waals surface area contributed by atoms with Crippen molar-refractivity contribution in [3.8, 4) is 0 Å². The quantitative estimate of drug-likeness (QED) is 0.868. The van der Waals surface area contributed by atoms with E-state index in [0.29, 0.717) is 6.04 Å². The van der Waals surface area contributed by atoms with Gasteiger partial charge >= 0.3 is 0 Å². The number of pyridine rings is 1. The normalized spacial score (nSPS) is 18.4. The van der Waals surface area contributed by atoms with Crippen molar-refractivity contribution in [2.45, 2.75) is 45.2 Å². The van der Waals surface area contributed by atoms with Crippen LogP contribution in [0.4, 0.5) is 0 Å². The second-order valence-electron chi connectivity index (χ2n) is 5.68. The molecule has 0 radical (unpaired) electrons. The van der Waals surface area contributed by atoms with Crippen LogP contribution in [-0.4, -0.2) is 29.5 Å². The lowest BCUT2D eigenvalue weighted by molar-refractivity contribution is 0.262. The number of aryl methyl sites for hydroxylation is 1. The van der Waals surface area contributed by atoms with Crippen LogP contribution in [0, 0.1) is 12.8 Å². The van der Waals surface area contributed by atoms with Gasteiger partial charge in [0.05, 0.1) is 5.69 Å². The second-order valence-corrected chi connectivity index (χ2v) is 5.68. The van der Waals surface area contributed by atoms with Crippen molar-refractivity contribution in [2.75, 3.05) is 13.6 Å². The van der Waals surface area contributed by atoms with E-state index >= 15 is 0 Å². The summed E-state index contributed by atoms with van der Waals surface area (Å²) in [7, 11) is 2.14. The van der Waals surface area contributed by atoms with Gasteiger partial charge in [0, 0.05) is 24.8 Å². The van der Waals surface area contributed by atoms with Gasteiger partial charge in [-0.1, -0.05) is 18.9 Å². The van der Waals surface area contributed by atoms with E-state index in [2.05, 4.69) is 29.1 Å². The van der Waals surface area contributed by atoms with Crippen molar-refractivity contribution in [3.63, 3.8) is 0 Å². The maximum atomic E-state index is 6.30. The number of hydrogen-bond donors (Lipinski definition) is 1. The zero-order valence-corrected chi connectivity index (χ0v) is 11.6. The fourth-order valence-corrected chi connectivity index (χ4v) is 2.92. The summed E-state index contributed by atoms with van der Waals surface area (Å²) >= 11 is 0. The van der Waals surface area contributed by atoms with E-state index in [1.807, 2.05) is 13.0 Å². The summed E-state index contributed by atoms with van der Waals surface area (Å²) in [5.41, 5.74) is 8.52. The average molecular weight is 247 g/mol. The standard InChI is InChI=1S/C15H25N3/c1-12-6-5-9-14(17-12)10-18(2)11-15(16)13-7-3-4-8-13/h5-6,9,13,15H,3-4,7-8,10-11,16H2,1-2H3. The molecule has 1 aromatic heterocycles. The van der Waals surface area contributed by atoms with E-state index in [0.717, 1.165) is 30.4 Å². The van der Waals surface area contributed by atoms with Crippen LogP contribution in [0.3, 0.4) is 0 Å². The predicted molar refractivity (Wildman–Crippen MR) is 75.2 cm³/mol. The molecule has 3 heteroatoms. The summed E-state index contributed by atoms with van der Waals surface area (Å²) in [5.74, 6) is 0.734. The van der Waals surface area contributed by atoms with Gasteiger partial charge < -0.3 is 5.73 Å². The van der Waals surface area contributed by atoms with E-state index in [1.165, 1.54) is 25.7 Å². The number of nitrogens with zero attached hydrogens (tertiary/aromatic N) is 2. The van der Waals surface area contributed by atoms with Crippen molar-refractivity contribution >= 4 is 0 Å². The average Bonchev–Trinajstić information content (AvgIpc) is 2.81. The lowest BCUT2D eigenvalue weighted by Crippen LogP contribution is -2.39. The molecule has 1 saturated carbocycles. The minimum atomic E-state index is 0.322. The first-order valence-electron chi connectivity index (χ1n) is 7.02. The monoisotopic (exact) mass is 247 g/mol. The molecule has 0 saturated heterocycles. The highest BCUT2D eigenvalue weighted by molar-refractivity contribution is 5.09. The smallest absolute Gasteiger partial charge is 0.0547 e. The number of nitrogens with two attached hydrogens (primary N) is 1. The van der Waals surface area contributed by atoms with E-state index in [9.17, 15) is 0 Å². The number of rotatable bonds is 5. The first-order valence-corrected chi connectivity index (χ1v) is 7.02. The molecule has 0 amide bonds. The number of hydrogen-bond acceptors (Lipinski definition) is 3. The zero-order chi connectivity index (χ0) is 13.0. The molecule has 1 unspecified atom stereocenters. The van der Waals surface area contributed by atoms with Crippen LogP contribution >= 0.6 is 0 Å². The van der Waals surface area contributed by atoms with Gasteiger partial charge in [-0.3, -0.25) is 9.88 Å². The third-order valence-corrected chi connectivity index (χ3v) is 3.91. The Kier molecular flexibility index (Phi) is 4.72. The fraction of sp³-hybridized carbons (Fsp3) is 0.667. The van der Waals surface area contributed by atoms with Gasteiger partial charge in [-0.05, 0) is 44.9 Å². The minimum absolute atomic E-state index is 0.322. The van der Waals surface area contributed by atoms with Crippen LogP contribution in [0.15, 0.2) is 18.2 Å². The van der Waals surface area contributed by atoms with Crippen molar-refractivity contribution in [1.29, 1.82) is 0 Å². The maximum absolute atomic E-state index is 6.30. The van der Waals surface area contributed by atoms with Gasteiger partial charge in [0.15, 0.2) is 0 Å². The molecule has 1 aliphatic rings. The Morgan fingerprint density at radius 1 is 1.39 bits per heavy atom. The first-order chi connectivity index (χ1) is 8.65. The molecule has 0 aromatic carbocycles. The van der Waals surface area contributed by atoms with Gasteiger partial charge in [0.1, 0.15) is 0 Å². The van der Waals surface area contributed by atoms with Crippen LogP contribution in [-0.2, 0) is 6.54 Å². The lowest BCUT2D eigenvalue weighted by atomic mass is 9.98. The van der Waals surface area contributed by atoms with Crippen molar-refractivity contribution < 1.29 is 0 Å². The Labute approximate surface area is 110 Å². The van der Waals surface area contributed by atoms with Crippen LogP contribution in [0.5, 0.6) is 0 Å². The van der Waals surface area contributed by atoms with E-state index in [-0.39, 0.29) is 0 Å². The fourth-order valence-electron chi connectivity index (χ4n) is 2.92. The van der Waals surface area contributed by atoms with E-state index < -0.39 is 0 Å². The van der Waals surface area contributed by atoms with Crippen LogP contribution in [0.2, 0.25) is 0 Å². The van der Waals surface area contributed by atoms with Crippen molar-refractivity contribution in [1.82, 2.24) is 9.88 Å². The number of aromatic nitrogens is 1. The van der Waals surface area contributed by atoms with Crippen LogP contribution < -0.4 is 5.73 Å². The molecule has 0 bridgehead atoms. The van der Waals surface area contributed by atoms with Gasteiger partial charge in [0.2, 0.25) is 0 Å². The minimum Gasteiger partial charge on any atom is -0.326 e. The Hall–Kier alpha value is -0.930. The molecule has 3 nitrogen and oxygen atoms in total. The molecule has 1 atom stereocenters. The largest absolute Gasteiger partial charge is 0.326 e. The Morgan fingerprint density at radius 2 is 2.11 bits per heavy atom. The lowest BCUT2D eigenvalue weighted by Gasteiger charge is -2.25. The first kappa shape index (κ1) is 13.5. The number of likely N-dealkylation sites (N-methyl/N-ethyl adjacent to an activating group) is 1. The molecule has 1 heterocycles. The molecule has 0 aliphatic heterocycles. The SMILES string of the molecule is Cc1cccc(CN(C)CC(N)C2CCCC2)n1. The summed E-state index contributed by atoms with van der Waals surface area (Å²) in [4.78, 5) is 6.83. The molecule has 2 N–H and O–H groups in total. The topological polar surface area (TPSA) is 42.1 Å². The molecule has 18 heavy (non-hydrogen) atoms. The zero-order valence-electron chi connectivity index (χ0n) is 11.6. The predicted octanol–water partition coefficient (Wildman–Crippen LogP) is 2.34. The maximum Gasteiger partial charge on any atom is 0.0547 e. The highest BCUT2D eigenvalue weighted by Crippen LogP contribution is 2.27. The summed E-state index contributed by atoms with van der Waals surface area (Å²) in [5, 5.41) is 0. The molecule has 1 fully saturated rings. The van der Waals surface area contributed by atoms with Gasteiger partial charge in [-0.15, -0.1) is 0 Å². The third-order valence-electron chi connectivity index (χ3n) is 3.91. The summed E-state index contributed by atoms with van der Waals surface area (Å²) < 4.78 is 0. The van der Waals surface area contributed by atoms with Crippen molar-refractivity contribution in [3.05, 3.63) is 29.6 Å². The molecule has 1 aliphatic carbocycles. The molecule has 2 rings (SSSR count). The van der Waals surface area contributed by atoms with Gasteiger partial charge in [0.25, 0.3) is 0 Å². The Morgan fingerprint density at radius 3 is 2.78 bits per heavy atom. The molecule has 100 valence electrons. The van der Waals surface area contributed by atoms with Crippen LogP contribution in [0.25, 0.3) is 0 Å². The highest BCUT2D eigenvalue weighted by atomic mass is 15.1. The van der Waals surface area contributed by atoms with E-state index in [4.69, 9.17) is 5.73 Å². The Balaban J connectivity index is 1.82. The summed E-state index contributed by atoms with van der Waals surface area (Å²) in [6.45, 7) is 3.90. The summed E-state index contributed by atoms with van der Waals surface area (Å²) in [6.07, 6.45) is 5.36. The van der Waals surface area contributed by atoms with E-state index in [1.54, 1.807) is 0 Å². The van der Waals surface area contributed by atoms with Gasteiger partial charge in [-0.2, -0.15) is 0 Å². The van der Waals surface area contributed by atoms with Crippen LogP contribution in [0.1, 0.15) is 37.1 Å². The summed E-state index contributed by atoms with van der Waals surface area (Å²) in [6, 6.07) is 6.52. The van der Waals surface area contributed by atoms with Gasteiger partial charge in [-0.25, -0.2) is 0 Å². The Bertz CT molecular complexity index is 372. The second kappa shape index (κ2) is 6.30. The molecule has 0 spiro atoms.